The fraction of sp³-hybridized carbons (Fsp3) is 1.00. The van der Waals surface area contributed by atoms with E-state index >= 15 is 0 Å². The fourth-order valence-electron chi connectivity index (χ4n) is 0.178. The van der Waals surface area contributed by atoms with Crippen molar-refractivity contribution in [3.63, 3.8) is 0 Å². The Morgan fingerprint density at radius 1 is 1.43 bits per heavy atom. The Bertz CT molecular complexity index is 43.3. The van der Waals surface area contributed by atoms with Crippen LogP contribution in [0.4, 0.5) is 0 Å². The summed E-state index contributed by atoms with van der Waals surface area (Å²) in [6, 6.07) is 0. The first kappa shape index (κ1) is 7.58. The maximum atomic E-state index is 5.49. The molecule has 1 unspecified atom stereocenters. The molecule has 7 heavy (non-hydrogen) atoms. The second kappa shape index (κ2) is 3.57. The first-order chi connectivity index (χ1) is 3.18. The second-order valence-electron chi connectivity index (χ2n) is 1.72. The molecule has 0 fully saturated rings. The van der Waals surface area contributed by atoms with Crippen molar-refractivity contribution in [1.29, 1.82) is 0 Å². The third-order valence-electron chi connectivity index (χ3n) is 1.07. The van der Waals surface area contributed by atoms with Crippen LogP contribution < -0.4 is 0 Å². The molecule has 1 atom stereocenters. The summed E-state index contributed by atoms with van der Waals surface area (Å²) < 4.78 is 0. The lowest BCUT2D eigenvalue weighted by atomic mass is 10.2. The van der Waals surface area contributed by atoms with Crippen LogP contribution in [-0.2, 0) is 0 Å². The molecule has 0 heterocycles. The smallest absolute Gasteiger partial charge is 0.105 e. The van der Waals surface area contributed by atoms with Gasteiger partial charge in [0.05, 0.1) is 0 Å². The molecule has 0 aromatic rings. The molecule has 0 amide bonds. The Morgan fingerprint density at radius 2 is 1.86 bits per heavy atom. The van der Waals surface area contributed by atoms with Gasteiger partial charge in [-0.3, -0.25) is 0 Å². The second-order valence-corrected chi connectivity index (χ2v) is 2.88. The first-order valence-electron chi connectivity index (χ1n) is 2.46. The Morgan fingerprint density at radius 3 is 1.86 bits per heavy atom. The number of hydrogen-bond donors (Lipinski definition) is 0. The van der Waals surface area contributed by atoms with Crippen molar-refractivity contribution < 1.29 is 0 Å². The molecule has 44 valence electrons. The quantitative estimate of drug-likeness (QED) is 0.518. The molecule has 0 saturated heterocycles. The molecule has 0 aromatic heterocycles. The average Bonchev–Trinajstić information content (AvgIpc) is 1.65. The normalized spacial score (nSPS) is 15.0. The van der Waals surface area contributed by atoms with Gasteiger partial charge in [-0.2, -0.15) is 0 Å². The summed E-state index contributed by atoms with van der Waals surface area (Å²) in [5.74, 6) is 0.434. The monoisotopic (exact) mass is 140 g/mol. The molecule has 0 spiro atoms. The van der Waals surface area contributed by atoms with Crippen molar-refractivity contribution in [2.75, 3.05) is 0 Å². The molecule has 0 aliphatic rings. The van der Waals surface area contributed by atoms with Gasteiger partial charge < -0.3 is 0 Å². The van der Waals surface area contributed by atoms with Crippen LogP contribution in [0.2, 0.25) is 0 Å². The van der Waals surface area contributed by atoms with Crippen LogP contribution in [0.15, 0.2) is 0 Å². The zero-order valence-corrected chi connectivity index (χ0v) is 6.13. The largest absolute Gasteiger partial charge is 0.110 e. The van der Waals surface area contributed by atoms with Crippen LogP contribution in [0.3, 0.4) is 0 Å². The summed E-state index contributed by atoms with van der Waals surface area (Å²) >= 11 is 11.0. The average molecular weight is 141 g/mol. The van der Waals surface area contributed by atoms with Gasteiger partial charge >= 0.3 is 0 Å². The number of alkyl halides is 2. The number of halogens is 2. The van der Waals surface area contributed by atoms with E-state index in [4.69, 9.17) is 23.2 Å². The molecule has 0 aliphatic carbocycles. The van der Waals surface area contributed by atoms with Crippen molar-refractivity contribution in [2.24, 2.45) is 5.92 Å². The highest BCUT2D eigenvalue weighted by Gasteiger charge is 2.06. The van der Waals surface area contributed by atoms with Crippen LogP contribution in [0, 0.1) is 5.92 Å². The van der Waals surface area contributed by atoms with E-state index in [1.54, 1.807) is 0 Å². The maximum Gasteiger partial charge on any atom is 0.110 e. The van der Waals surface area contributed by atoms with Crippen LogP contribution >= 0.6 is 23.2 Å². The highest BCUT2D eigenvalue weighted by Crippen LogP contribution is 2.16. The van der Waals surface area contributed by atoms with Gasteiger partial charge in [0.2, 0.25) is 0 Å². The summed E-state index contributed by atoms with van der Waals surface area (Å²) in [6.07, 6.45) is 1.05. The molecule has 2 heteroatoms. The molecule has 0 rings (SSSR count). The zero-order valence-electron chi connectivity index (χ0n) is 4.62. The minimum atomic E-state index is -0.190. The predicted molar refractivity (Wildman–Crippen MR) is 34.9 cm³/mol. The van der Waals surface area contributed by atoms with Gasteiger partial charge in [-0.05, 0) is 5.92 Å². The van der Waals surface area contributed by atoms with Gasteiger partial charge in [-0.1, -0.05) is 20.3 Å². The molecular weight excluding hydrogens is 131 g/mol. The van der Waals surface area contributed by atoms with Crippen LogP contribution in [-0.4, -0.2) is 4.84 Å². The van der Waals surface area contributed by atoms with Crippen molar-refractivity contribution in [1.82, 2.24) is 0 Å². The van der Waals surface area contributed by atoms with Gasteiger partial charge in [-0.25, -0.2) is 0 Å². The summed E-state index contributed by atoms with van der Waals surface area (Å²) in [5, 5.41) is 0. The predicted octanol–water partition coefficient (Wildman–Crippen LogP) is 2.84. The summed E-state index contributed by atoms with van der Waals surface area (Å²) in [6.45, 7) is 4.10. The molecule has 0 nitrogen and oxygen atoms in total. The molecule has 0 aliphatic heterocycles. The van der Waals surface area contributed by atoms with Crippen molar-refractivity contribution >= 4 is 23.2 Å². The Hall–Kier alpha value is 0.580. The van der Waals surface area contributed by atoms with E-state index in [9.17, 15) is 0 Å². The summed E-state index contributed by atoms with van der Waals surface area (Å²) in [5.41, 5.74) is 0. The maximum absolute atomic E-state index is 5.49. The minimum absolute atomic E-state index is 0.190. The van der Waals surface area contributed by atoms with Crippen molar-refractivity contribution in [3.8, 4) is 0 Å². The number of hydrogen-bond acceptors (Lipinski definition) is 0. The first-order valence-corrected chi connectivity index (χ1v) is 3.34. The van der Waals surface area contributed by atoms with Crippen LogP contribution in [0.1, 0.15) is 20.3 Å². The topological polar surface area (TPSA) is 0 Å². The van der Waals surface area contributed by atoms with Gasteiger partial charge in [0.25, 0.3) is 0 Å². The summed E-state index contributed by atoms with van der Waals surface area (Å²) in [7, 11) is 0. The highest BCUT2D eigenvalue weighted by molar-refractivity contribution is 6.44. The van der Waals surface area contributed by atoms with Crippen LogP contribution in [0.5, 0.6) is 0 Å². The Kier molecular flexibility index (Phi) is 3.86. The Labute approximate surface area is 54.8 Å². The van der Waals surface area contributed by atoms with Gasteiger partial charge in [0, 0.05) is 0 Å². The standard InChI is InChI=1S/C5H10Cl2/c1-3-4(2)5(6)7/h4-5H,3H2,1-2H3. The SMILES string of the molecule is CCC(C)C(Cl)Cl. The van der Waals surface area contributed by atoms with E-state index in [-0.39, 0.29) is 4.84 Å². The highest BCUT2D eigenvalue weighted by atomic mass is 35.5. The van der Waals surface area contributed by atoms with E-state index in [2.05, 4.69) is 6.92 Å². The fourth-order valence-corrected chi connectivity index (χ4v) is 0.535. The van der Waals surface area contributed by atoms with Crippen LogP contribution in [0.25, 0.3) is 0 Å². The third-order valence-corrected chi connectivity index (χ3v) is 1.93. The Balaban J connectivity index is 3.14. The van der Waals surface area contributed by atoms with E-state index in [0.717, 1.165) is 6.42 Å². The lowest BCUT2D eigenvalue weighted by Gasteiger charge is -2.06. The molecule has 0 bridgehead atoms. The van der Waals surface area contributed by atoms with Crippen molar-refractivity contribution in [3.05, 3.63) is 0 Å². The van der Waals surface area contributed by atoms with E-state index < -0.39 is 0 Å². The van der Waals surface area contributed by atoms with E-state index in [1.807, 2.05) is 6.92 Å². The molecule has 0 radical (unpaired) electrons. The van der Waals surface area contributed by atoms with Gasteiger partial charge in [-0.15, -0.1) is 23.2 Å². The molecule has 0 saturated carbocycles. The summed E-state index contributed by atoms with van der Waals surface area (Å²) in [4.78, 5) is -0.190. The van der Waals surface area contributed by atoms with E-state index in [1.165, 1.54) is 0 Å². The zero-order chi connectivity index (χ0) is 5.86. The molecule has 0 aromatic carbocycles. The molecule has 0 N–H and O–H groups in total. The lowest BCUT2D eigenvalue weighted by molar-refractivity contribution is 0.605. The third kappa shape index (κ3) is 3.19. The minimum Gasteiger partial charge on any atom is -0.105 e. The van der Waals surface area contributed by atoms with E-state index in [0.29, 0.717) is 5.92 Å². The van der Waals surface area contributed by atoms with Gasteiger partial charge in [0.15, 0.2) is 0 Å². The van der Waals surface area contributed by atoms with Gasteiger partial charge in [0.1, 0.15) is 4.84 Å². The lowest BCUT2D eigenvalue weighted by Crippen LogP contribution is -2.00. The number of rotatable bonds is 2. The molecular formula is C5H10Cl2. The van der Waals surface area contributed by atoms with Crippen molar-refractivity contribution in [2.45, 2.75) is 25.1 Å².